The summed E-state index contributed by atoms with van der Waals surface area (Å²) in [6.07, 6.45) is -0.546. The number of nitrogens with one attached hydrogen (secondary N) is 1. The van der Waals surface area contributed by atoms with E-state index in [9.17, 15) is 14.4 Å². The molecule has 0 aliphatic heterocycles. The number of carbonyl (C=O) groups excluding carboxylic acids is 1. The van der Waals surface area contributed by atoms with E-state index in [0.717, 1.165) is 0 Å². The average molecular weight is 280 g/mol. The van der Waals surface area contributed by atoms with E-state index in [2.05, 4.69) is 5.32 Å². The van der Waals surface area contributed by atoms with Crippen molar-refractivity contribution in [1.82, 2.24) is 5.32 Å². The number of aliphatic carboxylic acids is 2. The highest BCUT2D eigenvalue weighted by molar-refractivity contribution is 5.87. The molecule has 0 heterocycles. The lowest BCUT2D eigenvalue weighted by Crippen LogP contribution is -2.45. The summed E-state index contributed by atoms with van der Waals surface area (Å²) in [4.78, 5) is 33.3. The maximum absolute atomic E-state index is 11.9. The zero-order chi connectivity index (χ0) is 15.1. The fraction of sp³-hybridized carbons (Fsp3) is 0.308. The van der Waals surface area contributed by atoms with Gasteiger partial charge in [-0.2, -0.15) is 0 Å². The maximum Gasteiger partial charge on any atom is 0.326 e. The van der Waals surface area contributed by atoms with E-state index in [-0.39, 0.29) is 12.8 Å². The molecule has 1 aromatic carbocycles. The summed E-state index contributed by atoms with van der Waals surface area (Å²) >= 11 is 0. The fourth-order valence-corrected chi connectivity index (χ4v) is 1.60. The van der Waals surface area contributed by atoms with Crippen LogP contribution in [0, 0.1) is 0 Å². The SMILES string of the molecule is N[C@@H](C(=O)NC(CCC(=O)O)C(=O)O)c1ccccc1. The molecule has 20 heavy (non-hydrogen) atoms. The van der Waals surface area contributed by atoms with Crippen molar-refractivity contribution in [1.29, 1.82) is 0 Å². The van der Waals surface area contributed by atoms with E-state index in [1.54, 1.807) is 30.3 Å². The van der Waals surface area contributed by atoms with Gasteiger partial charge in [-0.05, 0) is 12.0 Å². The molecule has 108 valence electrons. The van der Waals surface area contributed by atoms with Crippen molar-refractivity contribution >= 4 is 17.8 Å². The largest absolute Gasteiger partial charge is 0.481 e. The molecule has 1 aromatic rings. The lowest BCUT2D eigenvalue weighted by Gasteiger charge is -2.17. The molecule has 0 bridgehead atoms. The summed E-state index contributed by atoms with van der Waals surface area (Å²) in [6, 6.07) is 6.22. The number of hydrogen-bond donors (Lipinski definition) is 4. The Balaban J connectivity index is 2.66. The van der Waals surface area contributed by atoms with Crippen molar-refractivity contribution in [2.75, 3.05) is 0 Å². The summed E-state index contributed by atoms with van der Waals surface area (Å²) in [7, 11) is 0. The molecule has 1 rings (SSSR count). The molecule has 0 radical (unpaired) electrons. The first-order chi connectivity index (χ1) is 9.41. The van der Waals surface area contributed by atoms with Crippen LogP contribution in [-0.2, 0) is 14.4 Å². The molecular formula is C13H16N2O5. The average Bonchev–Trinajstić information content (AvgIpc) is 2.42. The Kier molecular flexibility index (Phi) is 5.67. The zero-order valence-electron chi connectivity index (χ0n) is 10.7. The van der Waals surface area contributed by atoms with Crippen LogP contribution < -0.4 is 11.1 Å². The number of hydrogen-bond acceptors (Lipinski definition) is 4. The highest BCUT2D eigenvalue weighted by Gasteiger charge is 2.24. The first kappa shape index (κ1) is 15.6. The summed E-state index contributed by atoms with van der Waals surface area (Å²) in [5.74, 6) is -3.08. The molecule has 7 nitrogen and oxygen atoms in total. The molecule has 0 fully saturated rings. The summed E-state index contributed by atoms with van der Waals surface area (Å²) in [6.45, 7) is 0. The number of carbonyl (C=O) groups is 3. The molecule has 5 N–H and O–H groups in total. The quantitative estimate of drug-likeness (QED) is 0.561. The van der Waals surface area contributed by atoms with E-state index < -0.39 is 29.9 Å². The molecule has 0 aliphatic rings. The molecule has 0 aliphatic carbocycles. The van der Waals surface area contributed by atoms with Crippen LogP contribution in [0.1, 0.15) is 24.4 Å². The van der Waals surface area contributed by atoms with Gasteiger partial charge in [0.05, 0.1) is 0 Å². The molecule has 0 spiro atoms. The van der Waals surface area contributed by atoms with E-state index in [1.807, 2.05) is 0 Å². The monoisotopic (exact) mass is 280 g/mol. The first-order valence-corrected chi connectivity index (χ1v) is 5.97. The lowest BCUT2D eigenvalue weighted by atomic mass is 10.1. The van der Waals surface area contributed by atoms with Crippen LogP contribution in [0.2, 0.25) is 0 Å². The minimum Gasteiger partial charge on any atom is -0.481 e. The lowest BCUT2D eigenvalue weighted by molar-refractivity contribution is -0.143. The van der Waals surface area contributed by atoms with Gasteiger partial charge in [0, 0.05) is 6.42 Å². The number of rotatable bonds is 7. The van der Waals surface area contributed by atoms with Gasteiger partial charge < -0.3 is 21.3 Å². The van der Waals surface area contributed by atoms with E-state index >= 15 is 0 Å². The van der Waals surface area contributed by atoms with Crippen molar-refractivity contribution in [3.63, 3.8) is 0 Å². The minimum absolute atomic E-state index is 0.197. The molecule has 0 saturated carbocycles. The molecular weight excluding hydrogens is 264 g/mol. The smallest absolute Gasteiger partial charge is 0.326 e. The second-order valence-electron chi connectivity index (χ2n) is 4.22. The summed E-state index contributed by atoms with van der Waals surface area (Å²) in [5, 5.41) is 19.7. The van der Waals surface area contributed by atoms with Gasteiger partial charge in [0.15, 0.2) is 0 Å². The van der Waals surface area contributed by atoms with Gasteiger partial charge in [0.2, 0.25) is 5.91 Å². The molecule has 0 saturated heterocycles. The summed E-state index contributed by atoms with van der Waals surface area (Å²) in [5.41, 5.74) is 6.27. The van der Waals surface area contributed by atoms with Gasteiger partial charge >= 0.3 is 11.9 Å². The standard InChI is InChI=1S/C13H16N2O5/c14-11(8-4-2-1-3-5-8)12(18)15-9(13(19)20)6-7-10(16)17/h1-5,9,11H,6-7,14H2,(H,15,18)(H,16,17)(H,19,20)/t9?,11-/m1/s1. The molecule has 7 heteroatoms. The Morgan fingerprint density at radius 2 is 1.75 bits per heavy atom. The van der Waals surface area contributed by atoms with Gasteiger partial charge in [0.25, 0.3) is 0 Å². The Morgan fingerprint density at radius 1 is 1.15 bits per heavy atom. The second-order valence-corrected chi connectivity index (χ2v) is 4.22. The van der Waals surface area contributed by atoms with Crippen molar-refractivity contribution in [2.45, 2.75) is 24.9 Å². The summed E-state index contributed by atoms with van der Waals surface area (Å²) < 4.78 is 0. The van der Waals surface area contributed by atoms with Gasteiger partial charge in [-0.25, -0.2) is 4.79 Å². The number of carboxylic acid groups (broad SMARTS) is 2. The Morgan fingerprint density at radius 3 is 2.25 bits per heavy atom. The predicted molar refractivity (Wildman–Crippen MR) is 69.8 cm³/mol. The number of carboxylic acids is 2. The third kappa shape index (κ3) is 4.69. The third-order valence-corrected chi connectivity index (χ3v) is 2.70. The number of nitrogens with two attached hydrogens (primary N) is 1. The Bertz CT molecular complexity index is 489. The van der Waals surface area contributed by atoms with Crippen LogP contribution in [0.5, 0.6) is 0 Å². The zero-order valence-corrected chi connectivity index (χ0v) is 10.7. The molecule has 2 atom stereocenters. The topological polar surface area (TPSA) is 130 Å². The van der Waals surface area contributed by atoms with Gasteiger partial charge in [-0.1, -0.05) is 30.3 Å². The van der Waals surface area contributed by atoms with Crippen molar-refractivity contribution in [2.24, 2.45) is 5.73 Å². The second kappa shape index (κ2) is 7.25. The van der Waals surface area contributed by atoms with Crippen LogP contribution in [0.3, 0.4) is 0 Å². The van der Waals surface area contributed by atoms with Crippen LogP contribution in [0.25, 0.3) is 0 Å². The van der Waals surface area contributed by atoms with Crippen LogP contribution >= 0.6 is 0 Å². The van der Waals surface area contributed by atoms with Crippen molar-refractivity contribution in [3.8, 4) is 0 Å². The Labute approximate surface area is 115 Å². The van der Waals surface area contributed by atoms with Crippen LogP contribution in [0.15, 0.2) is 30.3 Å². The van der Waals surface area contributed by atoms with Gasteiger partial charge in [-0.3, -0.25) is 9.59 Å². The van der Waals surface area contributed by atoms with Gasteiger partial charge in [0.1, 0.15) is 12.1 Å². The molecule has 1 amide bonds. The predicted octanol–water partition coefficient (Wildman–Crippen LogP) is 0.121. The van der Waals surface area contributed by atoms with Crippen molar-refractivity contribution < 1.29 is 24.6 Å². The highest BCUT2D eigenvalue weighted by Crippen LogP contribution is 2.10. The fourth-order valence-electron chi connectivity index (χ4n) is 1.60. The Hall–Kier alpha value is -2.41. The van der Waals surface area contributed by atoms with Crippen LogP contribution in [-0.4, -0.2) is 34.1 Å². The van der Waals surface area contributed by atoms with E-state index in [4.69, 9.17) is 15.9 Å². The van der Waals surface area contributed by atoms with Crippen molar-refractivity contribution in [3.05, 3.63) is 35.9 Å². The van der Waals surface area contributed by atoms with E-state index in [0.29, 0.717) is 5.56 Å². The third-order valence-electron chi connectivity index (χ3n) is 2.70. The normalized spacial score (nSPS) is 13.2. The van der Waals surface area contributed by atoms with E-state index in [1.165, 1.54) is 0 Å². The van der Waals surface area contributed by atoms with Crippen LogP contribution in [0.4, 0.5) is 0 Å². The molecule has 0 aromatic heterocycles. The number of amides is 1. The highest BCUT2D eigenvalue weighted by atomic mass is 16.4. The maximum atomic E-state index is 11.9. The first-order valence-electron chi connectivity index (χ1n) is 5.97. The molecule has 1 unspecified atom stereocenters. The number of benzene rings is 1. The van der Waals surface area contributed by atoms with Gasteiger partial charge in [-0.15, -0.1) is 0 Å². The minimum atomic E-state index is -1.29.